The lowest BCUT2D eigenvalue weighted by molar-refractivity contribution is -0.117. The minimum absolute atomic E-state index is 0.0555. The highest BCUT2D eigenvalue weighted by molar-refractivity contribution is 5.92. The molecule has 0 fully saturated rings. The number of hydrogen-bond acceptors (Lipinski definition) is 3. The SMILES string of the molecule is Cc1ccc(CN(C)CC(=O)Nc2ccc(OC(F)F)cc2)c(C)c1. The molecule has 0 saturated heterocycles. The monoisotopic (exact) mass is 348 g/mol. The fourth-order valence-corrected chi connectivity index (χ4v) is 2.54. The van der Waals surface area contributed by atoms with E-state index in [0.29, 0.717) is 12.2 Å². The van der Waals surface area contributed by atoms with E-state index < -0.39 is 6.61 Å². The lowest BCUT2D eigenvalue weighted by atomic mass is 10.1. The molecule has 4 nitrogen and oxygen atoms in total. The second kappa shape index (κ2) is 8.58. The minimum atomic E-state index is -2.86. The standard InChI is InChI=1S/C19H22F2N2O2/c1-13-4-5-15(14(2)10-13)11-23(3)12-18(24)22-16-6-8-17(9-7-16)25-19(20)21/h4-10,19H,11-12H2,1-3H3,(H,22,24). The van der Waals surface area contributed by atoms with E-state index in [1.165, 1.54) is 41.0 Å². The lowest BCUT2D eigenvalue weighted by Gasteiger charge is -2.18. The van der Waals surface area contributed by atoms with Crippen molar-refractivity contribution in [2.24, 2.45) is 0 Å². The fourth-order valence-electron chi connectivity index (χ4n) is 2.54. The lowest BCUT2D eigenvalue weighted by Crippen LogP contribution is -2.30. The van der Waals surface area contributed by atoms with Gasteiger partial charge in [0.25, 0.3) is 0 Å². The van der Waals surface area contributed by atoms with Crippen molar-refractivity contribution in [2.75, 3.05) is 18.9 Å². The summed E-state index contributed by atoms with van der Waals surface area (Å²) < 4.78 is 28.5. The Morgan fingerprint density at radius 3 is 2.44 bits per heavy atom. The summed E-state index contributed by atoms with van der Waals surface area (Å²) in [6, 6.07) is 12.1. The number of alkyl halides is 2. The highest BCUT2D eigenvalue weighted by Crippen LogP contribution is 2.18. The van der Waals surface area contributed by atoms with Gasteiger partial charge >= 0.3 is 6.61 Å². The molecule has 0 bridgehead atoms. The van der Waals surface area contributed by atoms with E-state index in [9.17, 15) is 13.6 Å². The van der Waals surface area contributed by atoms with Crippen LogP contribution < -0.4 is 10.1 Å². The third kappa shape index (κ3) is 6.15. The molecule has 0 aromatic heterocycles. The maximum Gasteiger partial charge on any atom is 0.387 e. The summed E-state index contributed by atoms with van der Waals surface area (Å²) in [5.74, 6) is -0.116. The van der Waals surface area contributed by atoms with E-state index in [4.69, 9.17) is 0 Å². The van der Waals surface area contributed by atoms with Gasteiger partial charge in [0.05, 0.1) is 6.54 Å². The molecule has 134 valence electrons. The molecule has 2 aromatic rings. The summed E-state index contributed by atoms with van der Waals surface area (Å²) in [4.78, 5) is 14.0. The Labute approximate surface area is 146 Å². The van der Waals surface area contributed by atoms with Crippen LogP contribution in [0.25, 0.3) is 0 Å². The van der Waals surface area contributed by atoms with Crippen LogP contribution in [0.2, 0.25) is 0 Å². The van der Waals surface area contributed by atoms with Gasteiger partial charge in [-0.15, -0.1) is 0 Å². The Morgan fingerprint density at radius 2 is 1.84 bits per heavy atom. The van der Waals surface area contributed by atoms with Gasteiger partial charge in [-0.3, -0.25) is 9.69 Å². The number of nitrogens with one attached hydrogen (secondary N) is 1. The summed E-state index contributed by atoms with van der Waals surface area (Å²) in [6.07, 6.45) is 0. The topological polar surface area (TPSA) is 41.6 Å². The molecule has 1 amide bonds. The Kier molecular flexibility index (Phi) is 6.47. The largest absolute Gasteiger partial charge is 0.435 e. The number of rotatable bonds is 7. The summed E-state index contributed by atoms with van der Waals surface area (Å²) in [6.45, 7) is 2.13. The molecule has 2 rings (SSSR count). The highest BCUT2D eigenvalue weighted by Gasteiger charge is 2.10. The maximum atomic E-state index is 12.1. The molecule has 0 spiro atoms. The summed E-state index contributed by atoms with van der Waals surface area (Å²) in [5.41, 5.74) is 4.11. The van der Waals surface area contributed by atoms with Crippen molar-refractivity contribution in [3.8, 4) is 5.75 Å². The molecular formula is C19H22F2N2O2. The number of benzene rings is 2. The van der Waals surface area contributed by atoms with E-state index in [2.05, 4.69) is 35.2 Å². The molecule has 0 unspecified atom stereocenters. The number of nitrogens with zero attached hydrogens (tertiary/aromatic N) is 1. The Balaban J connectivity index is 1.86. The van der Waals surface area contributed by atoms with Crippen LogP contribution in [0.5, 0.6) is 5.75 Å². The first-order chi connectivity index (χ1) is 11.8. The fraction of sp³-hybridized carbons (Fsp3) is 0.316. The first-order valence-corrected chi connectivity index (χ1v) is 7.93. The molecule has 0 atom stereocenters. The van der Waals surface area contributed by atoms with Gasteiger partial charge in [0.2, 0.25) is 5.91 Å². The highest BCUT2D eigenvalue weighted by atomic mass is 19.3. The Morgan fingerprint density at radius 1 is 1.16 bits per heavy atom. The molecule has 0 saturated carbocycles. The van der Waals surface area contributed by atoms with E-state index in [0.717, 1.165) is 0 Å². The van der Waals surface area contributed by atoms with Crippen LogP contribution in [-0.2, 0) is 11.3 Å². The van der Waals surface area contributed by atoms with Crippen molar-refractivity contribution in [1.82, 2.24) is 4.90 Å². The molecule has 1 N–H and O–H groups in total. The maximum absolute atomic E-state index is 12.1. The molecule has 0 radical (unpaired) electrons. The van der Waals surface area contributed by atoms with Crippen LogP contribution in [0, 0.1) is 13.8 Å². The van der Waals surface area contributed by atoms with Crippen molar-refractivity contribution >= 4 is 11.6 Å². The second-order valence-corrected chi connectivity index (χ2v) is 6.05. The van der Waals surface area contributed by atoms with E-state index in [1.54, 1.807) is 0 Å². The molecule has 0 aliphatic carbocycles. The van der Waals surface area contributed by atoms with Gasteiger partial charge in [-0.2, -0.15) is 8.78 Å². The molecule has 0 aliphatic rings. The smallest absolute Gasteiger partial charge is 0.387 e. The molecule has 6 heteroatoms. The number of anilines is 1. The Bertz CT molecular complexity index is 718. The average Bonchev–Trinajstić information content (AvgIpc) is 2.51. The van der Waals surface area contributed by atoms with Crippen molar-refractivity contribution < 1.29 is 18.3 Å². The van der Waals surface area contributed by atoms with Crippen LogP contribution in [0.15, 0.2) is 42.5 Å². The zero-order valence-electron chi connectivity index (χ0n) is 14.6. The van der Waals surface area contributed by atoms with Gasteiger partial charge in [0, 0.05) is 12.2 Å². The van der Waals surface area contributed by atoms with Crippen LogP contribution in [-0.4, -0.2) is 31.0 Å². The van der Waals surface area contributed by atoms with Crippen molar-refractivity contribution in [1.29, 1.82) is 0 Å². The number of aryl methyl sites for hydroxylation is 2. The number of hydrogen-bond donors (Lipinski definition) is 1. The number of carbonyl (C=O) groups excluding carboxylic acids is 1. The first kappa shape index (κ1) is 18.9. The van der Waals surface area contributed by atoms with Crippen molar-refractivity contribution in [3.05, 3.63) is 59.2 Å². The van der Waals surface area contributed by atoms with Crippen LogP contribution in [0.4, 0.5) is 14.5 Å². The molecular weight excluding hydrogens is 326 g/mol. The van der Waals surface area contributed by atoms with Crippen LogP contribution in [0.1, 0.15) is 16.7 Å². The summed E-state index contributed by atoms with van der Waals surface area (Å²) in [5, 5.41) is 2.74. The third-order valence-corrected chi connectivity index (χ3v) is 3.72. The van der Waals surface area contributed by atoms with Crippen molar-refractivity contribution in [2.45, 2.75) is 27.0 Å². The molecule has 25 heavy (non-hydrogen) atoms. The predicted molar refractivity (Wildman–Crippen MR) is 94.0 cm³/mol. The van der Waals surface area contributed by atoms with Gasteiger partial charge < -0.3 is 10.1 Å². The quantitative estimate of drug-likeness (QED) is 0.823. The van der Waals surface area contributed by atoms with Crippen LogP contribution >= 0.6 is 0 Å². The van der Waals surface area contributed by atoms with E-state index in [1.807, 2.05) is 18.9 Å². The van der Waals surface area contributed by atoms with Gasteiger partial charge in [0.1, 0.15) is 5.75 Å². The summed E-state index contributed by atoms with van der Waals surface area (Å²) >= 11 is 0. The van der Waals surface area contributed by atoms with Gasteiger partial charge in [-0.05, 0) is 56.3 Å². The van der Waals surface area contributed by atoms with E-state index in [-0.39, 0.29) is 18.2 Å². The third-order valence-electron chi connectivity index (χ3n) is 3.72. The Hall–Kier alpha value is -2.47. The minimum Gasteiger partial charge on any atom is -0.435 e. The van der Waals surface area contributed by atoms with Gasteiger partial charge in [-0.25, -0.2) is 0 Å². The molecule has 2 aromatic carbocycles. The molecule has 0 heterocycles. The summed E-state index contributed by atoms with van der Waals surface area (Å²) in [7, 11) is 1.87. The van der Waals surface area contributed by atoms with Crippen LogP contribution in [0.3, 0.4) is 0 Å². The normalized spacial score (nSPS) is 11.0. The zero-order chi connectivity index (χ0) is 18.4. The predicted octanol–water partition coefficient (Wildman–Crippen LogP) is 3.98. The second-order valence-electron chi connectivity index (χ2n) is 6.05. The molecule has 0 aliphatic heterocycles. The number of likely N-dealkylation sites (N-methyl/N-ethyl adjacent to an activating group) is 1. The van der Waals surface area contributed by atoms with E-state index >= 15 is 0 Å². The number of amides is 1. The average molecular weight is 348 g/mol. The van der Waals surface area contributed by atoms with Crippen molar-refractivity contribution in [3.63, 3.8) is 0 Å². The number of halogens is 2. The van der Waals surface area contributed by atoms with Gasteiger partial charge in [-0.1, -0.05) is 23.8 Å². The zero-order valence-corrected chi connectivity index (χ0v) is 14.6. The number of ether oxygens (including phenoxy) is 1. The number of carbonyl (C=O) groups is 1. The first-order valence-electron chi connectivity index (χ1n) is 7.93. The van der Waals surface area contributed by atoms with Gasteiger partial charge in [0.15, 0.2) is 0 Å².